The van der Waals surface area contributed by atoms with Gasteiger partial charge in [-0.3, -0.25) is 4.79 Å². The number of carbonyl (C=O) groups is 1. The molecule has 3 nitrogen and oxygen atoms in total. The Balaban J connectivity index is 3.06. The van der Waals surface area contributed by atoms with Crippen molar-refractivity contribution < 1.29 is 19.0 Å². The summed E-state index contributed by atoms with van der Waals surface area (Å²) in [6.45, 7) is 5.51. The molecule has 0 aliphatic rings. The van der Waals surface area contributed by atoms with Gasteiger partial charge >= 0.3 is 5.97 Å². The van der Waals surface area contributed by atoms with Gasteiger partial charge in [0, 0.05) is 0 Å². The zero-order chi connectivity index (χ0) is 13.9. The number of aliphatic carboxylic acids is 1. The average molecular weight is 254 g/mol. The van der Waals surface area contributed by atoms with Crippen molar-refractivity contribution in [3.63, 3.8) is 0 Å². The van der Waals surface area contributed by atoms with Crippen molar-refractivity contribution >= 4 is 5.97 Å². The molecule has 0 radical (unpaired) electrons. The highest BCUT2D eigenvalue weighted by atomic mass is 19.1. The molecule has 4 heteroatoms. The first-order valence-electron chi connectivity index (χ1n) is 5.81. The van der Waals surface area contributed by atoms with Crippen LogP contribution in [-0.2, 0) is 11.2 Å². The molecule has 0 fully saturated rings. The second kappa shape index (κ2) is 5.38. The van der Waals surface area contributed by atoms with Gasteiger partial charge in [-0.05, 0) is 23.5 Å². The average Bonchev–Trinajstić information content (AvgIpc) is 2.25. The Labute approximate surface area is 107 Å². The van der Waals surface area contributed by atoms with Crippen LogP contribution in [0.25, 0.3) is 0 Å². The molecular weight excluding hydrogens is 235 g/mol. The van der Waals surface area contributed by atoms with Gasteiger partial charge in [-0.25, -0.2) is 4.39 Å². The first kappa shape index (κ1) is 14.5. The van der Waals surface area contributed by atoms with Crippen molar-refractivity contribution in [1.82, 2.24) is 0 Å². The molecule has 0 bridgehead atoms. The first-order valence-corrected chi connectivity index (χ1v) is 5.81. The highest BCUT2D eigenvalue weighted by molar-refractivity contribution is 5.71. The third-order valence-corrected chi connectivity index (χ3v) is 3.03. The molecule has 1 unspecified atom stereocenters. The minimum atomic E-state index is -0.912. The van der Waals surface area contributed by atoms with Gasteiger partial charge in [0.05, 0.1) is 13.0 Å². The first-order chi connectivity index (χ1) is 8.27. The third-order valence-electron chi connectivity index (χ3n) is 3.03. The summed E-state index contributed by atoms with van der Waals surface area (Å²) in [5.41, 5.74) is -0.0573. The Bertz CT molecular complexity index is 435. The van der Waals surface area contributed by atoms with Crippen LogP contribution in [0.2, 0.25) is 0 Å². The Morgan fingerprint density at radius 1 is 1.44 bits per heavy atom. The predicted molar refractivity (Wildman–Crippen MR) is 67.2 cm³/mol. The number of hydrogen-bond acceptors (Lipinski definition) is 2. The van der Waals surface area contributed by atoms with E-state index in [1.54, 1.807) is 12.1 Å². The summed E-state index contributed by atoms with van der Waals surface area (Å²) in [5, 5.41) is 9.23. The molecule has 0 saturated heterocycles. The minimum absolute atomic E-state index is 0.144. The molecule has 0 aliphatic heterocycles. The zero-order valence-electron chi connectivity index (χ0n) is 11.2. The monoisotopic (exact) mass is 254 g/mol. The van der Waals surface area contributed by atoms with E-state index in [-0.39, 0.29) is 12.2 Å². The van der Waals surface area contributed by atoms with Crippen molar-refractivity contribution in [2.24, 2.45) is 11.3 Å². The van der Waals surface area contributed by atoms with E-state index in [0.717, 1.165) is 0 Å². The van der Waals surface area contributed by atoms with Crippen molar-refractivity contribution in [3.05, 3.63) is 29.6 Å². The lowest BCUT2D eigenvalue weighted by atomic mass is 9.77. The predicted octanol–water partition coefficient (Wildman–Crippen LogP) is 3.12. The SMILES string of the molecule is COc1cccc(CC(C(=O)O)C(C)(C)C)c1F. The number of rotatable bonds is 4. The molecule has 100 valence electrons. The van der Waals surface area contributed by atoms with E-state index in [4.69, 9.17) is 4.74 Å². The van der Waals surface area contributed by atoms with Crippen molar-refractivity contribution in [2.45, 2.75) is 27.2 Å². The van der Waals surface area contributed by atoms with Crippen LogP contribution in [0.4, 0.5) is 4.39 Å². The van der Waals surface area contributed by atoms with Crippen LogP contribution in [0, 0.1) is 17.2 Å². The zero-order valence-corrected chi connectivity index (χ0v) is 11.2. The molecule has 18 heavy (non-hydrogen) atoms. The maximum Gasteiger partial charge on any atom is 0.307 e. The molecular formula is C14H19FO3. The highest BCUT2D eigenvalue weighted by Crippen LogP contribution is 2.31. The fraction of sp³-hybridized carbons (Fsp3) is 0.500. The lowest BCUT2D eigenvalue weighted by Gasteiger charge is -2.27. The molecule has 0 spiro atoms. The molecule has 0 amide bonds. The quantitative estimate of drug-likeness (QED) is 0.898. The maximum atomic E-state index is 14.0. The Kier molecular flexibility index (Phi) is 4.33. The van der Waals surface area contributed by atoms with E-state index in [2.05, 4.69) is 0 Å². The largest absolute Gasteiger partial charge is 0.494 e. The lowest BCUT2D eigenvalue weighted by Crippen LogP contribution is -2.30. The van der Waals surface area contributed by atoms with Gasteiger partial charge in [0.15, 0.2) is 11.6 Å². The minimum Gasteiger partial charge on any atom is -0.494 e. The standard InChI is InChI=1S/C14H19FO3/c1-14(2,3)10(13(16)17)8-9-6-5-7-11(18-4)12(9)15/h5-7,10H,8H2,1-4H3,(H,16,17). The summed E-state index contributed by atoms with van der Waals surface area (Å²) in [6, 6.07) is 4.78. The number of benzene rings is 1. The van der Waals surface area contributed by atoms with E-state index in [9.17, 15) is 14.3 Å². The summed E-state index contributed by atoms with van der Waals surface area (Å²) in [6.07, 6.45) is 0.155. The summed E-state index contributed by atoms with van der Waals surface area (Å²) in [7, 11) is 1.39. The number of carboxylic acid groups (broad SMARTS) is 1. The molecule has 1 rings (SSSR count). The third kappa shape index (κ3) is 3.22. The maximum absolute atomic E-state index is 14.0. The van der Waals surface area contributed by atoms with E-state index < -0.39 is 23.1 Å². The Morgan fingerprint density at radius 3 is 2.50 bits per heavy atom. The van der Waals surface area contributed by atoms with Crippen molar-refractivity contribution in [1.29, 1.82) is 0 Å². The van der Waals surface area contributed by atoms with E-state index in [1.807, 2.05) is 20.8 Å². The molecule has 1 atom stereocenters. The number of carboxylic acids is 1. The van der Waals surface area contributed by atoms with Crippen LogP contribution in [-0.4, -0.2) is 18.2 Å². The molecule has 0 saturated carbocycles. The fourth-order valence-corrected chi connectivity index (χ4v) is 1.86. The number of hydrogen-bond donors (Lipinski definition) is 1. The van der Waals surface area contributed by atoms with E-state index in [1.165, 1.54) is 13.2 Å². The van der Waals surface area contributed by atoms with Gasteiger partial charge in [0.2, 0.25) is 0 Å². The number of ether oxygens (including phenoxy) is 1. The molecule has 1 aromatic carbocycles. The Hall–Kier alpha value is -1.58. The van der Waals surface area contributed by atoms with Crippen LogP contribution in [0.1, 0.15) is 26.3 Å². The van der Waals surface area contributed by atoms with Gasteiger partial charge in [-0.15, -0.1) is 0 Å². The summed E-state index contributed by atoms with van der Waals surface area (Å²) < 4.78 is 18.9. The molecule has 1 N–H and O–H groups in total. The van der Waals surface area contributed by atoms with Gasteiger partial charge in [-0.2, -0.15) is 0 Å². The van der Waals surface area contributed by atoms with Crippen LogP contribution < -0.4 is 4.74 Å². The van der Waals surface area contributed by atoms with Gasteiger partial charge in [0.1, 0.15) is 0 Å². The topological polar surface area (TPSA) is 46.5 Å². The van der Waals surface area contributed by atoms with Gasteiger partial charge in [-0.1, -0.05) is 32.9 Å². The van der Waals surface area contributed by atoms with Crippen LogP contribution in [0.15, 0.2) is 18.2 Å². The molecule has 0 heterocycles. The van der Waals surface area contributed by atoms with Crippen molar-refractivity contribution in [3.8, 4) is 5.75 Å². The smallest absolute Gasteiger partial charge is 0.307 e. The second-order valence-corrected chi connectivity index (χ2v) is 5.39. The summed E-state index contributed by atoms with van der Waals surface area (Å²) in [4.78, 5) is 11.3. The fourth-order valence-electron chi connectivity index (χ4n) is 1.86. The van der Waals surface area contributed by atoms with E-state index in [0.29, 0.717) is 5.56 Å². The highest BCUT2D eigenvalue weighted by Gasteiger charge is 2.32. The summed E-state index contributed by atoms with van der Waals surface area (Å²) in [5.74, 6) is -1.88. The van der Waals surface area contributed by atoms with Crippen LogP contribution in [0.3, 0.4) is 0 Å². The number of methoxy groups -OCH3 is 1. The Morgan fingerprint density at radius 2 is 2.06 bits per heavy atom. The van der Waals surface area contributed by atoms with Gasteiger partial charge < -0.3 is 9.84 Å². The molecule has 0 aromatic heterocycles. The second-order valence-electron chi connectivity index (χ2n) is 5.39. The number of halogens is 1. The summed E-state index contributed by atoms with van der Waals surface area (Å²) >= 11 is 0. The van der Waals surface area contributed by atoms with Gasteiger partial charge in [0.25, 0.3) is 0 Å². The normalized spacial score (nSPS) is 13.2. The van der Waals surface area contributed by atoms with Crippen molar-refractivity contribution in [2.75, 3.05) is 7.11 Å². The molecule has 1 aromatic rings. The van der Waals surface area contributed by atoms with E-state index >= 15 is 0 Å². The van der Waals surface area contributed by atoms with Crippen LogP contribution in [0.5, 0.6) is 5.75 Å². The van der Waals surface area contributed by atoms with Crippen LogP contribution >= 0.6 is 0 Å². The molecule has 0 aliphatic carbocycles. The lowest BCUT2D eigenvalue weighted by molar-refractivity contribution is -0.145.